The second-order valence-corrected chi connectivity index (χ2v) is 2.19. The van der Waals surface area contributed by atoms with Gasteiger partial charge in [0.1, 0.15) is 0 Å². The first kappa shape index (κ1) is 8.93. The minimum absolute atomic E-state index is 0.0562. The summed E-state index contributed by atoms with van der Waals surface area (Å²) in [6, 6.07) is 6.10. The molecule has 4 heteroatoms. The van der Waals surface area contributed by atoms with E-state index >= 15 is 0 Å². The third-order valence-corrected chi connectivity index (χ3v) is 1.41. The molecule has 0 saturated carbocycles. The van der Waals surface area contributed by atoms with E-state index in [4.69, 9.17) is 0 Å². The number of halogens is 2. The van der Waals surface area contributed by atoms with Crippen molar-refractivity contribution in [2.24, 2.45) is 0 Å². The van der Waals surface area contributed by atoms with Crippen molar-refractivity contribution in [2.45, 2.75) is 6.43 Å². The number of anilines is 1. The topological polar surface area (TPSA) is 21.3 Å². The molecular formula is C8H9F2NO. The fraction of sp³-hybridized carbons (Fsp3) is 0.250. The summed E-state index contributed by atoms with van der Waals surface area (Å²) < 4.78 is 24.5. The van der Waals surface area contributed by atoms with E-state index in [1.807, 2.05) is 0 Å². The van der Waals surface area contributed by atoms with Crippen LogP contribution in [-0.2, 0) is 4.84 Å². The molecule has 0 saturated heterocycles. The van der Waals surface area contributed by atoms with Gasteiger partial charge in [-0.25, -0.2) is 8.78 Å². The minimum Gasteiger partial charge on any atom is -0.279 e. The zero-order chi connectivity index (χ0) is 8.97. The molecular weight excluding hydrogens is 164 g/mol. The van der Waals surface area contributed by atoms with Crippen molar-refractivity contribution in [3.8, 4) is 0 Å². The van der Waals surface area contributed by atoms with Crippen LogP contribution in [0.1, 0.15) is 12.0 Å². The molecule has 0 fully saturated rings. The van der Waals surface area contributed by atoms with E-state index in [-0.39, 0.29) is 5.56 Å². The van der Waals surface area contributed by atoms with E-state index in [1.54, 1.807) is 12.1 Å². The number of hydrogen-bond donors (Lipinski definition) is 1. The van der Waals surface area contributed by atoms with Gasteiger partial charge >= 0.3 is 0 Å². The molecule has 0 atom stereocenters. The Kier molecular flexibility index (Phi) is 2.99. The van der Waals surface area contributed by atoms with Crippen LogP contribution in [0.25, 0.3) is 0 Å². The van der Waals surface area contributed by atoms with Gasteiger partial charge in [0.25, 0.3) is 6.43 Å². The van der Waals surface area contributed by atoms with Crippen LogP contribution in [0.3, 0.4) is 0 Å². The Labute approximate surface area is 69.1 Å². The summed E-state index contributed by atoms with van der Waals surface area (Å²) in [5, 5.41) is 0. The SMILES string of the molecule is CONc1ccccc1C(F)F. The third-order valence-electron chi connectivity index (χ3n) is 1.41. The molecule has 1 aromatic carbocycles. The van der Waals surface area contributed by atoms with Crippen LogP contribution < -0.4 is 5.48 Å². The number of hydrogen-bond acceptors (Lipinski definition) is 2. The monoisotopic (exact) mass is 173 g/mol. The lowest BCUT2D eigenvalue weighted by atomic mass is 10.2. The summed E-state index contributed by atoms with van der Waals surface area (Å²) in [7, 11) is 1.38. The number of alkyl halides is 2. The largest absolute Gasteiger partial charge is 0.279 e. The summed E-state index contributed by atoms with van der Waals surface area (Å²) >= 11 is 0. The Hall–Kier alpha value is -1.16. The second-order valence-electron chi connectivity index (χ2n) is 2.19. The minimum atomic E-state index is -2.48. The smallest absolute Gasteiger partial charge is 0.265 e. The highest BCUT2D eigenvalue weighted by molar-refractivity contribution is 5.49. The molecule has 12 heavy (non-hydrogen) atoms. The van der Waals surface area contributed by atoms with Crippen molar-refractivity contribution in [3.63, 3.8) is 0 Å². The fourth-order valence-electron chi connectivity index (χ4n) is 0.890. The molecule has 0 aliphatic heterocycles. The van der Waals surface area contributed by atoms with Crippen molar-refractivity contribution < 1.29 is 13.6 Å². The highest BCUT2D eigenvalue weighted by Gasteiger charge is 2.10. The van der Waals surface area contributed by atoms with Crippen molar-refractivity contribution in [1.29, 1.82) is 0 Å². The average molecular weight is 173 g/mol. The first-order valence-electron chi connectivity index (χ1n) is 3.41. The van der Waals surface area contributed by atoms with Crippen LogP contribution >= 0.6 is 0 Å². The normalized spacial score (nSPS) is 10.3. The number of nitrogens with one attached hydrogen (secondary N) is 1. The van der Waals surface area contributed by atoms with E-state index in [9.17, 15) is 8.78 Å². The van der Waals surface area contributed by atoms with Crippen molar-refractivity contribution >= 4 is 5.69 Å². The van der Waals surface area contributed by atoms with Gasteiger partial charge in [0.05, 0.1) is 12.8 Å². The van der Waals surface area contributed by atoms with E-state index in [0.29, 0.717) is 5.69 Å². The molecule has 1 aromatic rings. The molecule has 0 heterocycles. The average Bonchev–Trinajstić information content (AvgIpc) is 2.05. The standard InChI is InChI=1S/C8H9F2NO/c1-12-11-7-5-3-2-4-6(7)8(9)10/h2-5,8,11H,1H3. The van der Waals surface area contributed by atoms with Gasteiger partial charge in [-0.15, -0.1) is 0 Å². The first-order valence-corrected chi connectivity index (χ1v) is 3.41. The van der Waals surface area contributed by atoms with E-state index in [2.05, 4.69) is 10.3 Å². The van der Waals surface area contributed by atoms with Gasteiger partial charge in [0.2, 0.25) is 0 Å². The third kappa shape index (κ3) is 1.92. The molecule has 0 amide bonds. The zero-order valence-corrected chi connectivity index (χ0v) is 6.55. The van der Waals surface area contributed by atoms with Crippen LogP contribution in [0.5, 0.6) is 0 Å². The van der Waals surface area contributed by atoms with Crippen molar-refractivity contribution in [1.82, 2.24) is 0 Å². The number of para-hydroxylation sites is 1. The number of benzene rings is 1. The maximum Gasteiger partial charge on any atom is 0.265 e. The molecule has 0 bridgehead atoms. The summed E-state index contributed by atoms with van der Waals surface area (Å²) in [5.74, 6) is 0. The van der Waals surface area contributed by atoms with E-state index < -0.39 is 6.43 Å². The van der Waals surface area contributed by atoms with Crippen LogP contribution in [-0.4, -0.2) is 7.11 Å². The van der Waals surface area contributed by atoms with Gasteiger partial charge < -0.3 is 0 Å². The lowest BCUT2D eigenvalue weighted by Crippen LogP contribution is -1.99. The Morgan fingerprint density at radius 2 is 2.00 bits per heavy atom. The fourth-order valence-corrected chi connectivity index (χ4v) is 0.890. The van der Waals surface area contributed by atoms with Crippen molar-refractivity contribution in [2.75, 3.05) is 12.6 Å². The predicted octanol–water partition coefficient (Wildman–Crippen LogP) is 2.60. The van der Waals surface area contributed by atoms with Gasteiger partial charge in [-0.2, -0.15) is 0 Å². The molecule has 0 spiro atoms. The second kappa shape index (κ2) is 4.01. The lowest BCUT2D eigenvalue weighted by Gasteiger charge is -2.08. The van der Waals surface area contributed by atoms with Gasteiger partial charge in [-0.1, -0.05) is 18.2 Å². The summed E-state index contributed by atoms with van der Waals surface area (Å²) in [4.78, 5) is 4.54. The van der Waals surface area contributed by atoms with Crippen LogP contribution in [0.4, 0.5) is 14.5 Å². The Morgan fingerprint density at radius 1 is 1.33 bits per heavy atom. The van der Waals surface area contributed by atoms with Gasteiger partial charge in [0, 0.05) is 5.56 Å². The van der Waals surface area contributed by atoms with Crippen LogP contribution in [0, 0.1) is 0 Å². The van der Waals surface area contributed by atoms with Crippen LogP contribution in [0.2, 0.25) is 0 Å². The highest BCUT2D eigenvalue weighted by atomic mass is 19.3. The Bertz CT molecular complexity index is 253. The van der Waals surface area contributed by atoms with Crippen molar-refractivity contribution in [3.05, 3.63) is 29.8 Å². The summed E-state index contributed by atoms with van der Waals surface area (Å²) in [5.41, 5.74) is 2.62. The number of rotatable bonds is 3. The molecule has 0 unspecified atom stereocenters. The highest BCUT2D eigenvalue weighted by Crippen LogP contribution is 2.26. The first-order chi connectivity index (χ1) is 5.75. The summed E-state index contributed by atoms with van der Waals surface area (Å²) in [6.07, 6.45) is -2.48. The zero-order valence-electron chi connectivity index (χ0n) is 6.55. The van der Waals surface area contributed by atoms with Crippen LogP contribution in [0.15, 0.2) is 24.3 Å². The maximum atomic E-state index is 12.3. The maximum absolute atomic E-state index is 12.3. The summed E-state index contributed by atoms with van der Waals surface area (Å²) in [6.45, 7) is 0. The van der Waals surface area contributed by atoms with Gasteiger partial charge in [-0.3, -0.25) is 10.3 Å². The molecule has 0 radical (unpaired) electrons. The molecule has 0 aliphatic rings. The molecule has 1 N–H and O–H groups in total. The van der Waals surface area contributed by atoms with Gasteiger partial charge in [-0.05, 0) is 6.07 Å². The molecule has 0 aliphatic carbocycles. The predicted molar refractivity (Wildman–Crippen MR) is 42.0 cm³/mol. The molecule has 66 valence electrons. The van der Waals surface area contributed by atoms with Gasteiger partial charge in [0.15, 0.2) is 0 Å². The van der Waals surface area contributed by atoms with E-state index in [0.717, 1.165) is 0 Å². The Balaban J connectivity index is 2.92. The molecule has 2 nitrogen and oxygen atoms in total. The molecule has 0 aromatic heterocycles. The lowest BCUT2D eigenvalue weighted by molar-refractivity contribution is 0.150. The van der Waals surface area contributed by atoms with E-state index in [1.165, 1.54) is 19.2 Å². The molecule has 1 rings (SSSR count). The quantitative estimate of drug-likeness (QED) is 0.709. The Morgan fingerprint density at radius 3 is 2.58 bits per heavy atom.